The predicted octanol–water partition coefficient (Wildman–Crippen LogP) is 1.10. The van der Waals surface area contributed by atoms with Crippen molar-refractivity contribution in [1.82, 2.24) is 15.2 Å². The maximum absolute atomic E-state index is 12.2. The maximum Gasteiger partial charge on any atom is 0.245 e. The van der Waals surface area contributed by atoms with Crippen LogP contribution in [0.2, 0.25) is 0 Å². The highest BCUT2D eigenvalue weighted by Crippen LogP contribution is 2.17. The van der Waals surface area contributed by atoms with Crippen molar-refractivity contribution >= 4 is 11.8 Å². The molecule has 19 heavy (non-hydrogen) atoms. The molecule has 1 aliphatic heterocycles. The van der Waals surface area contributed by atoms with Gasteiger partial charge >= 0.3 is 0 Å². The summed E-state index contributed by atoms with van der Waals surface area (Å²) >= 11 is 0. The molecule has 1 N–H and O–H groups in total. The van der Waals surface area contributed by atoms with Gasteiger partial charge in [0.15, 0.2) is 0 Å². The van der Waals surface area contributed by atoms with Crippen LogP contribution in [0, 0.1) is 0 Å². The SMILES string of the molecule is CCCC1C(=O)NC(C)C(=O)N1Cc1ccccn1. The fraction of sp³-hybridized carbons (Fsp3) is 0.500. The first-order chi connectivity index (χ1) is 9.13. The normalized spacial score (nSPS) is 23.4. The molecule has 0 saturated carbocycles. The Labute approximate surface area is 113 Å². The third kappa shape index (κ3) is 2.92. The van der Waals surface area contributed by atoms with Crippen molar-refractivity contribution in [2.75, 3.05) is 0 Å². The summed E-state index contributed by atoms with van der Waals surface area (Å²) in [5.74, 6) is -0.103. The molecule has 0 aromatic carbocycles. The van der Waals surface area contributed by atoms with Gasteiger partial charge in [-0.3, -0.25) is 14.6 Å². The van der Waals surface area contributed by atoms with Crippen molar-refractivity contribution in [3.8, 4) is 0 Å². The van der Waals surface area contributed by atoms with Crippen LogP contribution in [0.25, 0.3) is 0 Å². The summed E-state index contributed by atoms with van der Waals surface area (Å²) in [4.78, 5) is 30.1. The fourth-order valence-electron chi connectivity index (χ4n) is 2.33. The molecule has 2 atom stereocenters. The van der Waals surface area contributed by atoms with Crippen LogP contribution in [0.15, 0.2) is 24.4 Å². The number of rotatable bonds is 4. The van der Waals surface area contributed by atoms with E-state index in [4.69, 9.17) is 0 Å². The Morgan fingerprint density at radius 1 is 1.37 bits per heavy atom. The van der Waals surface area contributed by atoms with Crippen molar-refractivity contribution < 1.29 is 9.59 Å². The highest BCUT2D eigenvalue weighted by Gasteiger charge is 2.37. The lowest BCUT2D eigenvalue weighted by Crippen LogP contribution is -2.61. The van der Waals surface area contributed by atoms with Crippen LogP contribution in [-0.4, -0.2) is 33.8 Å². The molecule has 0 aliphatic carbocycles. The Balaban J connectivity index is 2.21. The minimum atomic E-state index is -0.454. The van der Waals surface area contributed by atoms with Crippen LogP contribution < -0.4 is 5.32 Å². The number of piperazine rings is 1. The monoisotopic (exact) mass is 261 g/mol. The lowest BCUT2D eigenvalue weighted by atomic mass is 10.0. The number of carbonyl (C=O) groups is 2. The molecule has 2 rings (SSSR count). The molecule has 5 heteroatoms. The Morgan fingerprint density at radius 3 is 2.79 bits per heavy atom. The minimum absolute atomic E-state index is 0.0382. The van der Waals surface area contributed by atoms with Gasteiger partial charge < -0.3 is 10.2 Å². The topological polar surface area (TPSA) is 62.3 Å². The van der Waals surface area contributed by atoms with E-state index in [1.165, 1.54) is 0 Å². The van der Waals surface area contributed by atoms with E-state index in [1.807, 2.05) is 25.1 Å². The van der Waals surface area contributed by atoms with E-state index in [-0.39, 0.29) is 17.9 Å². The van der Waals surface area contributed by atoms with E-state index in [0.29, 0.717) is 13.0 Å². The van der Waals surface area contributed by atoms with Gasteiger partial charge in [0.05, 0.1) is 12.2 Å². The summed E-state index contributed by atoms with van der Waals surface area (Å²) in [5.41, 5.74) is 0.804. The van der Waals surface area contributed by atoms with Crippen LogP contribution in [-0.2, 0) is 16.1 Å². The lowest BCUT2D eigenvalue weighted by Gasteiger charge is -2.37. The molecule has 2 unspecified atom stereocenters. The minimum Gasteiger partial charge on any atom is -0.343 e. The lowest BCUT2D eigenvalue weighted by molar-refractivity contribution is -0.149. The van der Waals surface area contributed by atoms with E-state index in [0.717, 1.165) is 12.1 Å². The highest BCUT2D eigenvalue weighted by atomic mass is 16.2. The molecule has 0 spiro atoms. The molecule has 1 aromatic rings. The maximum atomic E-state index is 12.2. The van der Waals surface area contributed by atoms with E-state index in [9.17, 15) is 9.59 Å². The zero-order chi connectivity index (χ0) is 13.8. The van der Waals surface area contributed by atoms with E-state index in [2.05, 4.69) is 10.3 Å². The summed E-state index contributed by atoms with van der Waals surface area (Å²) in [7, 11) is 0. The Kier molecular flexibility index (Phi) is 4.14. The number of hydrogen-bond donors (Lipinski definition) is 1. The summed E-state index contributed by atoms with van der Waals surface area (Å²) in [6.45, 7) is 4.12. The van der Waals surface area contributed by atoms with E-state index < -0.39 is 6.04 Å². The molecule has 102 valence electrons. The first kappa shape index (κ1) is 13.5. The van der Waals surface area contributed by atoms with Gasteiger partial charge in [0, 0.05) is 6.20 Å². The van der Waals surface area contributed by atoms with Crippen LogP contribution in [0.3, 0.4) is 0 Å². The molecule has 1 saturated heterocycles. The van der Waals surface area contributed by atoms with Crippen molar-refractivity contribution in [2.45, 2.75) is 45.3 Å². The summed E-state index contributed by atoms with van der Waals surface area (Å²) in [5, 5.41) is 2.73. The number of nitrogens with one attached hydrogen (secondary N) is 1. The molecule has 0 bridgehead atoms. The number of amides is 2. The quantitative estimate of drug-likeness (QED) is 0.882. The first-order valence-electron chi connectivity index (χ1n) is 6.64. The molecule has 2 heterocycles. The molecule has 5 nitrogen and oxygen atoms in total. The van der Waals surface area contributed by atoms with Crippen molar-refractivity contribution in [2.24, 2.45) is 0 Å². The van der Waals surface area contributed by atoms with Crippen LogP contribution in [0.1, 0.15) is 32.4 Å². The predicted molar refractivity (Wildman–Crippen MR) is 71.1 cm³/mol. The van der Waals surface area contributed by atoms with Crippen LogP contribution in [0.5, 0.6) is 0 Å². The molecule has 2 amide bonds. The standard InChI is InChI=1S/C14H19N3O2/c1-3-6-12-13(18)16-10(2)14(19)17(12)9-11-7-4-5-8-15-11/h4-5,7-8,10,12H,3,6,9H2,1-2H3,(H,16,18). The summed E-state index contributed by atoms with van der Waals surface area (Å²) in [6, 6.07) is 4.75. The summed E-state index contributed by atoms with van der Waals surface area (Å²) in [6.07, 6.45) is 3.23. The van der Waals surface area contributed by atoms with Gasteiger partial charge in [-0.15, -0.1) is 0 Å². The van der Waals surface area contributed by atoms with Gasteiger partial charge in [0.2, 0.25) is 11.8 Å². The second-order valence-corrected chi connectivity index (χ2v) is 4.82. The molecule has 1 aromatic heterocycles. The largest absolute Gasteiger partial charge is 0.343 e. The van der Waals surface area contributed by atoms with Gasteiger partial charge in [-0.05, 0) is 25.5 Å². The third-order valence-electron chi connectivity index (χ3n) is 3.31. The zero-order valence-electron chi connectivity index (χ0n) is 11.3. The molecular weight excluding hydrogens is 242 g/mol. The number of aromatic nitrogens is 1. The number of hydrogen-bond acceptors (Lipinski definition) is 3. The number of pyridine rings is 1. The summed E-state index contributed by atoms with van der Waals surface area (Å²) < 4.78 is 0. The van der Waals surface area contributed by atoms with E-state index in [1.54, 1.807) is 18.0 Å². The molecule has 1 fully saturated rings. The fourth-order valence-corrected chi connectivity index (χ4v) is 2.33. The van der Waals surface area contributed by atoms with Crippen molar-refractivity contribution in [3.05, 3.63) is 30.1 Å². The molecule has 1 aliphatic rings. The van der Waals surface area contributed by atoms with E-state index >= 15 is 0 Å². The van der Waals surface area contributed by atoms with Gasteiger partial charge in [0.25, 0.3) is 0 Å². The number of nitrogens with zero attached hydrogens (tertiary/aromatic N) is 2. The zero-order valence-corrected chi connectivity index (χ0v) is 11.3. The Morgan fingerprint density at radius 2 is 2.16 bits per heavy atom. The van der Waals surface area contributed by atoms with Crippen molar-refractivity contribution in [1.29, 1.82) is 0 Å². The number of carbonyl (C=O) groups excluding carboxylic acids is 2. The highest BCUT2D eigenvalue weighted by molar-refractivity contribution is 5.96. The average Bonchev–Trinajstić information content (AvgIpc) is 2.41. The average molecular weight is 261 g/mol. The van der Waals surface area contributed by atoms with Gasteiger partial charge in [0.1, 0.15) is 12.1 Å². The van der Waals surface area contributed by atoms with Crippen LogP contribution in [0.4, 0.5) is 0 Å². The molecule has 0 radical (unpaired) electrons. The third-order valence-corrected chi connectivity index (χ3v) is 3.31. The molecular formula is C14H19N3O2. The second-order valence-electron chi connectivity index (χ2n) is 4.82. The second kappa shape index (κ2) is 5.82. The smallest absolute Gasteiger partial charge is 0.245 e. The van der Waals surface area contributed by atoms with Gasteiger partial charge in [-0.25, -0.2) is 0 Å². The first-order valence-corrected chi connectivity index (χ1v) is 6.64. The van der Waals surface area contributed by atoms with Gasteiger partial charge in [-0.1, -0.05) is 19.4 Å². The Hall–Kier alpha value is -1.91. The van der Waals surface area contributed by atoms with Crippen molar-refractivity contribution in [3.63, 3.8) is 0 Å². The van der Waals surface area contributed by atoms with Gasteiger partial charge in [-0.2, -0.15) is 0 Å². The Bertz CT molecular complexity index is 461. The van der Waals surface area contributed by atoms with Crippen LogP contribution >= 0.6 is 0 Å².